The van der Waals surface area contributed by atoms with Crippen molar-refractivity contribution in [3.05, 3.63) is 94.7 Å². The number of ether oxygens (including phenoxy) is 1. The third-order valence-corrected chi connectivity index (χ3v) is 6.11. The van der Waals surface area contributed by atoms with E-state index < -0.39 is 0 Å². The Morgan fingerprint density at radius 3 is 2.79 bits per heavy atom. The molecule has 0 amide bonds. The van der Waals surface area contributed by atoms with Gasteiger partial charge in [0.1, 0.15) is 18.2 Å². The van der Waals surface area contributed by atoms with E-state index in [2.05, 4.69) is 74.5 Å². The molecule has 174 valence electrons. The molecule has 6 nitrogen and oxygen atoms in total. The molecule has 3 rings (SSSR count). The molecule has 2 aromatic rings. The van der Waals surface area contributed by atoms with E-state index in [1.807, 2.05) is 30.5 Å². The Morgan fingerprint density at radius 1 is 1.33 bits per heavy atom. The summed E-state index contributed by atoms with van der Waals surface area (Å²) in [6, 6.07) is 8.18. The monoisotopic (exact) mass is 509 g/mol. The van der Waals surface area contributed by atoms with Crippen LogP contribution in [-0.4, -0.2) is 41.0 Å². The normalized spacial score (nSPS) is 15.1. The molecule has 7 heteroatoms. The third kappa shape index (κ3) is 6.79. The largest absolute Gasteiger partial charge is 0.497 e. The van der Waals surface area contributed by atoms with E-state index in [1.54, 1.807) is 13.2 Å². The van der Waals surface area contributed by atoms with Gasteiger partial charge in [0.2, 0.25) is 0 Å². The highest BCUT2D eigenvalue weighted by molar-refractivity contribution is 9.11. The van der Waals surface area contributed by atoms with E-state index in [4.69, 9.17) is 15.5 Å². The van der Waals surface area contributed by atoms with Crippen LogP contribution in [0.3, 0.4) is 0 Å². The van der Waals surface area contributed by atoms with Crippen molar-refractivity contribution in [3.8, 4) is 5.75 Å². The second-order valence-corrected chi connectivity index (χ2v) is 8.64. The minimum Gasteiger partial charge on any atom is -0.497 e. The highest BCUT2D eigenvalue weighted by Gasteiger charge is 2.19. The summed E-state index contributed by atoms with van der Waals surface area (Å²) in [6.45, 7) is 8.61. The SMILES string of the molecule is C=C/C(Br)=C\C=C\CC(c1ccc(OC)cc1)c1cn(CC2=CN(CC)CN=C2)c(CN)n1. The van der Waals surface area contributed by atoms with E-state index in [9.17, 15) is 0 Å². The van der Waals surface area contributed by atoms with Gasteiger partial charge in [-0.15, -0.1) is 0 Å². The topological polar surface area (TPSA) is 68.7 Å². The maximum atomic E-state index is 6.07. The van der Waals surface area contributed by atoms with Crippen molar-refractivity contribution in [1.82, 2.24) is 14.5 Å². The van der Waals surface area contributed by atoms with Gasteiger partial charge in [0.25, 0.3) is 0 Å². The lowest BCUT2D eigenvalue weighted by molar-refractivity contribution is 0.402. The molecule has 0 bridgehead atoms. The minimum atomic E-state index is 0.0933. The molecular weight excluding hydrogens is 478 g/mol. The van der Waals surface area contributed by atoms with Crippen LogP contribution >= 0.6 is 15.9 Å². The summed E-state index contributed by atoms with van der Waals surface area (Å²) in [7, 11) is 1.68. The number of rotatable bonds is 11. The lowest BCUT2D eigenvalue weighted by Crippen LogP contribution is -2.22. The van der Waals surface area contributed by atoms with Crippen LogP contribution in [0.2, 0.25) is 0 Å². The van der Waals surface area contributed by atoms with Crippen molar-refractivity contribution < 1.29 is 4.74 Å². The van der Waals surface area contributed by atoms with Crippen LogP contribution in [0, 0.1) is 0 Å². The van der Waals surface area contributed by atoms with Gasteiger partial charge < -0.3 is 19.9 Å². The first kappa shape index (κ1) is 24.7. The number of hydrogen-bond acceptors (Lipinski definition) is 5. The highest BCUT2D eigenvalue weighted by atomic mass is 79.9. The van der Waals surface area contributed by atoms with Crippen molar-refractivity contribution in [2.75, 3.05) is 20.3 Å². The van der Waals surface area contributed by atoms with E-state index >= 15 is 0 Å². The zero-order valence-corrected chi connectivity index (χ0v) is 20.9. The third-order valence-electron chi connectivity index (χ3n) is 5.52. The maximum absolute atomic E-state index is 6.07. The Morgan fingerprint density at radius 2 is 2.12 bits per heavy atom. The molecule has 0 spiro atoms. The number of halogens is 1. The molecule has 0 saturated heterocycles. The summed E-state index contributed by atoms with van der Waals surface area (Å²) >= 11 is 3.46. The first-order chi connectivity index (χ1) is 16.1. The Labute approximate surface area is 205 Å². The van der Waals surface area contributed by atoms with Crippen LogP contribution in [0.15, 0.2) is 82.6 Å². The van der Waals surface area contributed by atoms with E-state index in [1.165, 1.54) is 5.56 Å². The fraction of sp³-hybridized carbons (Fsp3) is 0.308. The number of nitrogens with two attached hydrogens (primary N) is 1. The fourth-order valence-corrected chi connectivity index (χ4v) is 3.84. The average Bonchev–Trinajstić information content (AvgIpc) is 3.26. The van der Waals surface area contributed by atoms with Crippen LogP contribution < -0.4 is 10.5 Å². The highest BCUT2D eigenvalue weighted by Crippen LogP contribution is 2.30. The van der Waals surface area contributed by atoms with Crippen LogP contribution in [0.5, 0.6) is 5.75 Å². The molecule has 0 fully saturated rings. The average molecular weight is 510 g/mol. The summed E-state index contributed by atoms with van der Waals surface area (Å²) in [5, 5.41) is 0. The second-order valence-electron chi connectivity index (χ2n) is 7.72. The van der Waals surface area contributed by atoms with Gasteiger partial charge in [-0.05, 0) is 37.1 Å². The maximum Gasteiger partial charge on any atom is 0.123 e. The van der Waals surface area contributed by atoms with Crippen molar-refractivity contribution in [3.63, 3.8) is 0 Å². The van der Waals surface area contributed by atoms with Crippen LogP contribution in [0.4, 0.5) is 0 Å². The Bertz CT molecular complexity index is 1050. The summed E-state index contributed by atoms with van der Waals surface area (Å²) in [5.41, 5.74) is 9.39. The van der Waals surface area contributed by atoms with Crippen LogP contribution in [0.1, 0.15) is 36.3 Å². The molecule has 0 aliphatic carbocycles. The predicted octanol–water partition coefficient (Wildman–Crippen LogP) is 5.14. The fourth-order valence-electron chi connectivity index (χ4n) is 3.69. The summed E-state index contributed by atoms with van der Waals surface area (Å²) in [6.07, 6.45) is 15.0. The molecule has 0 saturated carbocycles. The van der Waals surface area contributed by atoms with Gasteiger partial charge in [0.15, 0.2) is 0 Å². The Hall–Kier alpha value is -2.90. The lowest BCUT2D eigenvalue weighted by atomic mass is 9.92. The van der Waals surface area contributed by atoms with E-state index in [0.29, 0.717) is 19.8 Å². The minimum absolute atomic E-state index is 0.0933. The molecule has 1 aliphatic rings. The number of imidazole rings is 1. The zero-order valence-electron chi connectivity index (χ0n) is 19.3. The van der Waals surface area contributed by atoms with E-state index in [0.717, 1.165) is 40.3 Å². The molecule has 1 aromatic heterocycles. The second kappa shape index (κ2) is 12.4. The molecular formula is C26H32BrN5O. The van der Waals surface area contributed by atoms with Crippen LogP contribution in [0.25, 0.3) is 0 Å². The van der Waals surface area contributed by atoms with Gasteiger partial charge in [-0.25, -0.2) is 4.98 Å². The van der Waals surface area contributed by atoms with Crippen molar-refractivity contribution in [2.45, 2.75) is 32.4 Å². The number of benzene rings is 1. The standard InChI is InChI=1S/C26H32BrN5O/c1-4-22(27)8-6-7-9-24(21-10-12-23(33-3)13-11-21)25-18-32(26(14-28)30-25)17-20-15-29-19-31(5-2)16-20/h4,6-8,10-13,15-16,18,24H,1,5,9,14,17,19,28H2,2-3H3/b7-6+,22-8+. The number of aromatic nitrogens is 2. The number of aliphatic imine (C=N–C) groups is 1. The lowest BCUT2D eigenvalue weighted by Gasteiger charge is -2.21. The molecule has 2 heterocycles. The number of allylic oxidation sites excluding steroid dienone is 6. The summed E-state index contributed by atoms with van der Waals surface area (Å²) in [4.78, 5) is 11.6. The first-order valence-corrected chi connectivity index (χ1v) is 11.9. The van der Waals surface area contributed by atoms with Gasteiger partial charge in [-0.2, -0.15) is 0 Å². The molecule has 0 radical (unpaired) electrons. The Balaban J connectivity index is 1.91. The van der Waals surface area contributed by atoms with Crippen molar-refractivity contribution in [2.24, 2.45) is 10.7 Å². The molecule has 1 unspecified atom stereocenters. The van der Waals surface area contributed by atoms with Gasteiger partial charge in [0.05, 0.1) is 25.9 Å². The first-order valence-electron chi connectivity index (χ1n) is 11.1. The number of methoxy groups -OCH3 is 1. The van der Waals surface area contributed by atoms with Gasteiger partial charge in [0, 0.05) is 41.1 Å². The molecule has 2 N–H and O–H groups in total. The zero-order chi connectivity index (χ0) is 23.6. The van der Waals surface area contributed by atoms with Crippen molar-refractivity contribution in [1.29, 1.82) is 0 Å². The van der Waals surface area contributed by atoms with Crippen LogP contribution in [-0.2, 0) is 13.1 Å². The number of hydrogen-bond donors (Lipinski definition) is 1. The van der Waals surface area contributed by atoms with Gasteiger partial charge in [-0.3, -0.25) is 4.99 Å². The van der Waals surface area contributed by atoms with Gasteiger partial charge >= 0.3 is 0 Å². The summed E-state index contributed by atoms with van der Waals surface area (Å²) in [5.74, 6) is 1.79. The van der Waals surface area contributed by atoms with Crippen molar-refractivity contribution >= 4 is 22.1 Å². The predicted molar refractivity (Wildman–Crippen MR) is 140 cm³/mol. The molecule has 1 aromatic carbocycles. The molecule has 33 heavy (non-hydrogen) atoms. The van der Waals surface area contributed by atoms with E-state index in [-0.39, 0.29) is 5.92 Å². The molecule has 1 aliphatic heterocycles. The number of nitrogens with zero attached hydrogens (tertiary/aromatic N) is 4. The Kier molecular flexibility index (Phi) is 9.27. The smallest absolute Gasteiger partial charge is 0.123 e. The summed E-state index contributed by atoms with van der Waals surface area (Å²) < 4.78 is 8.42. The quantitative estimate of drug-likeness (QED) is 0.425. The molecule has 1 atom stereocenters. The van der Waals surface area contributed by atoms with Gasteiger partial charge in [-0.1, -0.05) is 52.9 Å².